The highest BCUT2D eigenvalue weighted by Crippen LogP contribution is 2.31. The minimum absolute atomic E-state index is 0.292. The second kappa shape index (κ2) is 7.68. The van der Waals surface area contributed by atoms with Crippen LogP contribution in [0.3, 0.4) is 0 Å². The van der Waals surface area contributed by atoms with E-state index < -0.39 is 0 Å². The second-order valence-corrected chi connectivity index (χ2v) is 7.07. The number of benzene rings is 1. The van der Waals surface area contributed by atoms with Crippen molar-refractivity contribution >= 4 is 45.5 Å². The van der Waals surface area contributed by atoms with Crippen molar-refractivity contribution in [1.29, 1.82) is 0 Å². The number of hydrogen-bond donors (Lipinski definition) is 1. The summed E-state index contributed by atoms with van der Waals surface area (Å²) in [6, 6.07) is 6.29. The van der Waals surface area contributed by atoms with Gasteiger partial charge < -0.3 is 5.32 Å². The Kier molecular flexibility index (Phi) is 6.20. The van der Waals surface area contributed by atoms with Gasteiger partial charge in [-0.15, -0.1) is 10.2 Å². The molecule has 0 aliphatic carbocycles. The zero-order valence-corrected chi connectivity index (χ0v) is 15.2. The van der Waals surface area contributed by atoms with Gasteiger partial charge in [-0.2, -0.15) is 0 Å². The summed E-state index contributed by atoms with van der Waals surface area (Å²) < 4.78 is 1.05. The lowest BCUT2D eigenvalue weighted by Crippen LogP contribution is -2.21. The molecule has 2 aromatic rings. The summed E-state index contributed by atoms with van der Waals surface area (Å²) >= 11 is 10.0. The first-order valence-corrected chi connectivity index (χ1v) is 8.95. The first-order valence-electron chi connectivity index (χ1n) is 6.67. The van der Waals surface area contributed by atoms with Crippen molar-refractivity contribution in [2.75, 3.05) is 6.54 Å². The number of rotatable bonds is 6. The largest absolute Gasteiger partial charge is 0.308 e. The summed E-state index contributed by atoms with van der Waals surface area (Å²) in [6.45, 7) is 5.33. The molecule has 6 heteroatoms. The average Bonchev–Trinajstić information content (AvgIpc) is 2.92. The van der Waals surface area contributed by atoms with Gasteiger partial charge in [0.15, 0.2) is 0 Å². The highest BCUT2D eigenvalue weighted by molar-refractivity contribution is 14.1. The van der Waals surface area contributed by atoms with E-state index in [2.05, 4.69) is 52.0 Å². The van der Waals surface area contributed by atoms with Crippen LogP contribution >= 0.6 is 45.5 Å². The molecule has 1 aromatic carbocycles. The summed E-state index contributed by atoms with van der Waals surface area (Å²) in [6.07, 6.45) is 2.14. The summed E-state index contributed by atoms with van der Waals surface area (Å²) in [4.78, 5) is 0. The molecule has 1 heterocycles. The Balaban J connectivity index is 2.20. The van der Waals surface area contributed by atoms with Gasteiger partial charge in [0, 0.05) is 9.13 Å². The Bertz CT molecular complexity index is 573. The zero-order valence-electron chi connectivity index (χ0n) is 11.5. The molecule has 0 saturated heterocycles. The van der Waals surface area contributed by atoms with Crippen LogP contribution in [0.4, 0.5) is 0 Å². The Hall–Kier alpha value is -0.240. The molecule has 0 bridgehead atoms. The van der Waals surface area contributed by atoms with Gasteiger partial charge in [-0.3, -0.25) is 0 Å². The minimum atomic E-state index is 0.292. The molecule has 1 aromatic heterocycles. The van der Waals surface area contributed by atoms with Gasteiger partial charge in [0.1, 0.15) is 10.0 Å². The van der Waals surface area contributed by atoms with Crippen LogP contribution < -0.4 is 5.32 Å². The van der Waals surface area contributed by atoms with Crippen molar-refractivity contribution in [1.82, 2.24) is 15.5 Å². The van der Waals surface area contributed by atoms with Crippen molar-refractivity contribution in [2.24, 2.45) is 0 Å². The van der Waals surface area contributed by atoms with Crippen LogP contribution in [-0.2, 0) is 0 Å². The van der Waals surface area contributed by atoms with E-state index in [1.807, 2.05) is 18.2 Å². The Morgan fingerprint density at radius 3 is 2.80 bits per heavy atom. The molecule has 1 unspecified atom stereocenters. The number of halogens is 2. The fraction of sp³-hybridized carbons (Fsp3) is 0.429. The summed E-state index contributed by atoms with van der Waals surface area (Å²) in [5, 5.41) is 14.9. The summed E-state index contributed by atoms with van der Waals surface area (Å²) in [5.74, 6) is 0. The van der Waals surface area contributed by atoms with E-state index in [0.29, 0.717) is 6.04 Å². The molecular weight excluding hydrogens is 405 g/mol. The lowest BCUT2D eigenvalue weighted by atomic mass is 10.2. The van der Waals surface area contributed by atoms with Crippen LogP contribution in [0.2, 0.25) is 5.02 Å². The van der Waals surface area contributed by atoms with Gasteiger partial charge in [0.2, 0.25) is 0 Å². The predicted molar refractivity (Wildman–Crippen MR) is 94.4 cm³/mol. The Labute approximate surface area is 142 Å². The molecule has 0 spiro atoms. The lowest BCUT2D eigenvalue weighted by Gasteiger charge is -2.12. The van der Waals surface area contributed by atoms with E-state index in [1.165, 1.54) is 0 Å². The van der Waals surface area contributed by atoms with E-state index in [-0.39, 0.29) is 0 Å². The maximum Gasteiger partial charge on any atom is 0.147 e. The third-order valence-corrected chi connectivity index (χ3v) is 5.61. The summed E-state index contributed by atoms with van der Waals surface area (Å²) in [7, 11) is 0. The summed E-state index contributed by atoms with van der Waals surface area (Å²) in [5.41, 5.74) is 1.03. The molecule has 0 amide bonds. The molecule has 20 heavy (non-hydrogen) atoms. The van der Waals surface area contributed by atoms with E-state index in [9.17, 15) is 0 Å². The third-order valence-electron chi connectivity index (χ3n) is 2.95. The van der Waals surface area contributed by atoms with Crippen molar-refractivity contribution in [3.05, 3.63) is 31.8 Å². The normalized spacial score (nSPS) is 12.6. The van der Waals surface area contributed by atoms with Gasteiger partial charge >= 0.3 is 0 Å². The molecule has 0 aliphatic rings. The minimum Gasteiger partial charge on any atom is -0.308 e. The molecule has 0 radical (unpaired) electrons. The van der Waals surface area contributed by atoms with E-state index >= 15 is 0 Å². The highest BCUT2D eigenvalue weighted by atomic mass is 127. The van der Waals surface area contributed by atoms with Crippen molar-refractivity contribution < 1.29 is 0 Å². The second-order valence-electron chi connectivity index (χ2n) is 4.49. The predicted octanol–water partition coefficient (Wildman–Crippen LogP) is 4.91. The lowest BCUT2D eigenvalue weighted by molar-refractivity contribution is 0.513. The van der Waals surface area contributed by atoms with Crippen LogP contribution in [0.25, 0.3) is 10.6 Å². The molecule has 0 fully saturated rings. The average molecular weight is 422 g/mol. The van der Waals surface area contributed by atoms with E-state index in [4.69, 9.17) is 11.6 Å². The molecule has 0 saturated carbocycles. The molecule has 3 nitrogen and oxygen atoms in total. The topological polar surface area (TPSA) is 37.8 Å². The van der Waals surface area contributed by atoms with Crippen LogP contribution in [0.1, 0.15) is 37.7 Å². The van der Waals surface area contributed by atoms with Crippen LogP contribution in [0.5, 0.6) is 0 Å². The van der Waals surface area contributed by atoms with Gasteiger partial charge in [-0.05, 0) is 54.1 Å². The number of hydrogen-bond acceptors (Lipinski definition) is 4. The molecule has 0 aliphatic heterocycles. The standard InChI is InChI=1S/C14H17ClIN3S/c1-3-7-17-12(4-2)14-19-18-13(20-14)9-5-6-11(16)10(15)8-9/h5-6,8,12,17H,3-4,7H2,1-2H3. The van der Waals surface area contributed by atoms with Gasteiger partial charge in [-0.1, -0.05) is 42.9 Å². The smallest absolute Gasteiger partial charge is 0.147 e. The fourth-order valence-corrected chi connectivity index (χ4v) is 3.36. The number of nitrogens with zero attached hydrogens (tertiary/aromatic N) is 2. The van der Waals surface area contributed by atoms with E-state index in [0.717, 1.165) is 43.6 Å². The van der Waals surface area contributed by atoms with Crippen LogP contribution in [-0.4, -0.2) is 16.7 Å². The van der Waals surface area contributed by atoms with Crippen molar-refractivity contribution in [3.63, 3.8) is 0 Å². The number of nitrogens with one attached hydrogen (secondary N) is 1. The molecule has 1 N–H and O–H groups in total. The van der Waals surface area contributed by atoms with Gasteiger partial charge in [0.05, 0.1) is 11.1 Å². The fourth-order valence-electron chi connectivity index (χ4n) is 1.85. The third kappa shape index (κ3) is 3.90. The van der Waals surface area contributed by atoms with Crippen LogP contribution in [0.15, 0.2) is 18.2 Å². The Morgan fingerprint density at radius 2 is 2.15 bits per heavy atom. The molecule has 1 atom stereocenters. The van der Waals surface area contributed by atoms with Gasteiger partial charge in [-0.25, -0.2) is 0 Å². The maximum atomic E-state index is 6.17. The SMILES string of the molecule is CCCNC(CC)c1nnc(-c2ccc(I)c(Cl)c2)s1. The molecular formula is C14H17ClIN3S. The quantitative estimate of drug-likeness (QED) is 0.673. The van der Waals surface area contributed by atoms with Crippen molar-refractivity contribution in [2.45, 2.75) is 32.7 Å². The first-order chi connectivity index (χ1) is 9.65. The monoisotopic (exact) mass is 421 g/mol. The van der Waals surface area contributed by atoms with Crippen molar-refractivity contribution in [3.8, 4) is 10.6 Å². The van der Waals surface area contributed by atoms with Gasteiger partial charge in [0.25, 0.3) is 0 Å². The Morgan fingerprint density at radius 1 is 1.35 bits per heavy atom. The molecule has 2 rings (SSSR count). The zero-order chi connectivity index (χ0) is 14.5. The van der Waals surface area contributed by atoms with Crippen LogP contribution in [0, 0.1) is 3.57 Å². The number of aromatic nitrogens is 2. The molecule has 108 valence electrons. The first kappa shape index (κ1) is 16.1. The highest BCUT2D eigenvalue weighted by Gasteiger charge is 2.15. The maximum absolute atomic E-state index is 6.17. The van der Waals surface area contributed by atoms with E-state index in [1.54, 1.807) is 11.3 Å².